The lowest BCUT2D eigenvalue weighted by Gasteiger charge is -2.07. The van der Waals surface area contributed by atoms with Crippen molar-refractivity contribution >= 4 is 5.91 Å². The van der Waals surface area contributed by atoms with Crippen LogP contribution in [0.2, 0.25) is 0 Å². The zero-order chi connectivity index (χ0) is 14.4. The van der Waals surface area contributed by atoms with Gasteiger partial charge in [-0.3, -0.25) is 4.79 Å². The fraction of sp³-hybridized carbons (Fsp3) is 0.286. The molecule has 0 unspecified atom stereocenters. The quantitative estimate of drug-likeness (QED) is 0.870. The summed E-state index contributed by atoms with van der Waals surface area (Å²) in [5.74, 6) is 1.06. The molecule has 0 aliphatic carbocycles. The molecule has 2 heterocycles. The summed E-state index contributed by atoms with van der Waals surface area (Å²) < 4.78 is 15.4. The predicted molar refractivity (Wildman–Crippen MR) is 71.4 cm³/mol. The molecule has 0 aliphatic rings. The number of hydrogen-bond acceptors (Lipinski definition) is 5. The molecule has 0 bridgehead atoms. The minimum atomic E-state index is -0.293. The van der Waals surface area contributed by atoms with E-state index >= 15 is 0 Å². The molecule has 2 aromatic heterocycles. The van der Waals surface area contributed by atoms with Gasteiger partial charge < -0.3 is 19.2 Å². The number of ether oxygens (including phenoxy) is 2. The first-order valence-corrected chi connectivity index (χ1v) is 6.08. The maximum atomic E-state index is 11.9. The normalized spacial score (nSPS) is 10.3. The van der Waals surface area contributed by atoms with Crippen LogP contribution in [0.3, 0.4) is 0 Å². The summed E-state index contributed by atoms with van der Waals surface area (Å²) in [5.41, 5.74) is 0.798. The highest BCUT2D eigenvalue weighted by Gasteiger charge is 2.12. The Morgan fingerprint density at radius 2 is 2.20 bits per heavy atom. The second-order valence-electron chi connectivity index (χ2n) is 4.05. The monoisotopic (exact) mass is 276 g/mol. The molecular weight excluding hydrogens is 260 g/mol. The number of furan rings is 1. The van der Waals surface area contributed by atoms with E-state index in [4.69, 9.17) is 13.9 Å². The van der Waals surface area contributed by atoms with Gasteiger partial charge in [0.1, 0.15) is 12.4 Å². The van der Waals surface area contributed by atoms with E-state index in [1.165, 1.54) is 7.11 Å². The Kier molecular flexibility index (Phi) is 4.73. The minimum Gasteiger partial charge on any atom is -0.481 e. The topological polar surface area (TPSA) is 73.6 Å². The molecule has 0 spiro atoms. The van der Waals surface area contributed by atoms with Gasteiger partial charge in [0.25, 0.3) is 5.91 Å². The summed E-state index contributed by atoms with van der Waals surface area (Å²) in [6, 6.07) is 6.95. The van der Waals surface area contributed by atoms with Crippen LogP contribution in [-0.4, -0.2) is 25.1 Å². The average molecular weight is 276 g/mol. The van der Waals surface area contributed by atoms with Gasteiger partial charge in [-0.05, 0) is 18.2 Å². The molecule has 6 nitrogen and oxygen atoms in total. The second kappa shape index (κ2) is 6.72. The molecule has 0 atom stereocenters. The van der Waals surface area contributed by atoms with E-state index in [1.807, 2.05) is 6.07 Å². The van der Waals surface area contributed by atoms with Crippen LogP contribution in [0.1, 0.15) is 21.9 Å². The van der Waals surface area contributed by atoms with E-state index in [2.05, 4.69) is 10.3 Å². The summed E-state index contributed by atoms with van der Waals surface area (Å²) in [4.78, 5) is 16.0. The van der Waals surface area contributed by atoms with E-state index < -0.39 is 0 Å². The van der Waals surface area contributed by atoms with Crippen molar-refractivity contribution in [3.05, 3.63) is 47.5 Å². The molecule has 6 heteroatoms. The zero-order valence-electron chi connectivity index (χ0n) is 11.4. The van der Waals surface area contributed by atoms with Crippen LogP contribution in [0.15, 0.2) is 34.9 Å². The summed E-state index contributed by atoms with van der Waals surface area (Å²) >= 11 is 0. The maximum Gasteiger partial charge on any atom is 0.287 e. The van der Waals surface area contributed by atoms with Crippen molar-refractivity contribution < 1.29 is 18.7 Å². The second-order valence-corrected chi connectivity index (χ2v) is 4.05. The Labute approximate surface area is 116 Å². The number of methoxy groups -OCH3 is 2. The number of rotatable bonds is 6. The van der Waals surface area contributed by atoms with Crippen LogP contribution < -0.4 is 10.1 Å². The number of nitrogens with one attached hydrogen (secondary N) is 1. The third-order valence-electron chi connectivity index (χ3n) is 2.65. The third-order valence-corrected chi connectivity index (χ3v) is 2.65. The molecule has 0 saturated heterocycles. The standard InChI is InChI=1S/C14H16N2O4/c1-18-9-11-5-6-12(20-11)13(17)16-8-10-4-3-7-15-14(10)19-2/h3-7H,8-9H2,1-2H3,(H,16,17). The smallest absolute Gasteiger partial charge is 0.287 e. The molecule has 0 radical (unpaired) electrons. The molecule has 0 saturated carbocycles. The van der Waals surface area contributed by atoms with Gasteiger partial charge >= 0.3 is 0 Å². The first kappa shape index (κ1) is 14.1. The Bertz CT molecular complexity index is 580. The van der Waals surface area contributed by atoms with Crippen molar-refractivity contribution in [2.24, 2.45) is 0 Å². The minimum absolute atomic E-state index is 0.250. The summed E-state index contributed by atoms with van der Waals surface area (Å²) in [6.45, 7) is 0.653. The van der Waals surface area contributed by atoms with E-state index in [1.54, 1.807) is 31.5 Å². The zero-order valence-corrected chi connectivity index (χ0v) is 11.4. The molecule has 1 amide bonds. The highest BCUT2D eigenvalue weighted by molar-refractivity contribution is 5.91. The Balaban J connectivity index is 1.97. The molecule has 2 rings (SSSR count). The molecule has 2 aromatic rings. The number of pyridine rings is 1. The number of carbonyl (C=O) groups is 1. The van der Waals surface area contributed by atoms with Gasteiger partial charge in [0.05, 0.1) is 7.11 Å². The third kappa shape index (κ3) is 3.36. The number of hydrogen-bond donors (Lipinski definition) is 1. The summed E-state index contributed by atoms with van der Waals surface area (Å²) in [5, 5.41) is 2.75. The number of amides is 1. The lowest BCUT2D eigenvalue weighted by Crippen LogP contribution is -2.22. The Morgan fingerprint density at radius 1 is 1.35 bits per heavy atom. The highest BCUT2D eigenvalue weighted by Crippen LogP contribution is 2.14. The van der Waals surface area contributed by atoms with E-state index in [-0.39, 0.29) is 11.7 Å². The maximum absolute atomic E-state index is 11.9. The summed E-state index contributed by atoms with van der Waals surface area (Å²) in [7, 11) is 3.11. The van der Waals surface area contributed by atoms with Gasteiger partial charge in [0.2, 0.25) is 5.88 Å². The van der Waals surface area contributed by atoms with Crippen molar-refractivity contribution in [2.45, 2.75) is 13.2 Å². The van der Waals surface area contributed by atoms with Gasteiger partial charge in [0.15, 0.2) is 5.76 Å². The van der Waals surface area contributed by atoms with Crippen molar-refractivity contribution in [3.8, 4) is 5.88 Å². The molecule has 106 valence electrons. The molecule has 20 heavy (non-hydrogen) atoms. The number of carbonyl (C=O) groups excluding carboxylic acids is 1. The van der Waals surface area contributed by atoms with E-state index in [9.17, 15) is 4.79 Å². The molecule has 0 aromatic carbocycles. The van der Waals surface area contributed by atoms with E-state index in [0.717, 1.165) is 5.56 Å². The summed E-state index contributed by atoms with van der Waals surface area (Å²) in [6.07, 6.45) is 1.63. The van der Waals surface area contributed by atoms with Crippen LogP contribution in [-0.2, 0) is 17.9 Å². The van der Waals surface area contributed by atoms with Gasteiger partial charge in [-0.1, -0.05) is 6.07 Å². The number of aromatic nitrogens is 1. The van der Waals surface area contributed by atoms with Crippen molar-refractivity contribution in [3.63, 3.8) is 0 Å². The largest absolute Gasteiger partial charge is 0.481 e. The van der Waals surface area contributed by atoms with Crippen LogP contribution in [0, 0.1) is 0 Å². The van der Waals surface area contributed by atoms with E-state index in [0.29, 0.717) is 24.8 Å². The first-order valence-electron chi connectivity index (χ1n) is 6.08. The van der Waals surface area contributed by atoms with Crippen molar-refractivity contribution in [1.29, 1.82) is 0 Å². The lowest BCUT2D eigenvalue weighted by molar-refractivity contribution is 0.0914. The van der Waals surface area contributed by atoms with Gasteiger partial charge in [0, 0.05) is 25.4 Å². The molecule has 0 fully saturated rings. The Hall–Kier alpha value is -2.34. The van der Waals surface area contributed by atoms with Crippen LogP contribution in [0.25, 0.3) is 0 Å². The van der Waals surface area contributed by atoms with Gasteiger partial charge in [-0.15, -0.1) is 0 Å². The molecule has 1 N–H and O–H groups in total. The Morgan fingerprint density at radius 3 is 2.95 bits per heavy atom. The molecular formula is C14H16N2O4. The van der Waals surface area contributed by atoms with Crippen LogP contribution in [0.5, 0.6) is 5.88 Å². The predicted octanol–water partition coefficient (Wildman–Crippen LogP) is 1.76. The SMILES string of the molecule is COCc1ccc(C(=O)NCc2cccnc2OC)o1. The highest BCUT2D eigenvalue weighted by atomic mass is 16.5. The fourth-order valence-electron chi connectivity index (χ4n) is 1.72. The lowest BCUT2D eigenvalue weighted by atomic mass is 10.2. The van der Waals surface area contributed by atoms with Gasteiger partial charge in [-0.2, -0.15) is 0 Å². The fourth-order valence-corrected chi connectivity index (χ4v) is 1.72. The van der Waals surface area contributed by atoms with Crippen molar-refractivity contribution in [2.75, 3.05) is 14.2 Å². The van der Waals surface area contributed by atoms with Gasteiger partial charge in [-0.25, -0.2) is 4.98 Å². The molecule has 0 aliphatic heterocycles. The first-order chi connectivity index (χ1) is 9.74. The number of nitrogens with zero attached hydrogens (tertiary/aromatic N) is 1. The van der Waals surface area contributed by atoms with Crippen LogP contribution in [0.4, 0.5) is 0 Å². The van der Waals surface area contributed by atoms with Crippen LogP contribution >= 0.6 is 0 Å². The average Bonchev–Trinajstić information content (AvgIpc) is 2.94. The van der Waals surface area contributed by atoms with Crippen molar-refractivity contribution in [1.82, 2.24) is 10.3 Å².